The fraction of sp³-hybridized carbons (Fsp3) is 0.583. The van der Waals surface area contributed by atoms with Crippen LogP contribution in [0.15, 0.2) is 23.7 Å². The van der Waals surface area contributed by atoms with E-state index in [9.17, 15) is 4.79 Å². The van der Waals surface area contributed by atoms with E-state index in [1.165, 1.54) is 0 Å². The second-order valence-corrected chi connectivity index (χ2v) is 3.88. The first-order valence-electron chi connectivity index (χ1n) is 5.62. The zero-order valence-corrected chi connectivity index (χ0v) is 10.5. The van der Waals surface area contributed by atoms with Gasteiger partial charge in [-0.1, -0.05) is 0 Å². The molecule has 0 spiro atoms. The van der Waals surface area contributed by atoms with Crippen molar-refractivity contribution >= 4 is 5.97 Å². The molecule has 0 unspecified atom stereocenters. The Balaban J connectivity index is 2.34. The number of nitrogens with one attached hydrogen (secondary N) is 1. The van der Waals surface area contributed by atoms with Gasteiger partial charge in [-0.3, -0.25) is 0 Å². The lowest BCUT2D eigenvalue weighted by atomic mass is 10.1. The van der Waals surface area contributed by atoms with E-state index in [-0.39, 0.29) is 12.1 Å². The number of methoxy groups -OCH3 is 1. The molecule has 1 aliphatic heterocycles. The van der Waals surface area contributed by atoms with Gasteiger partial charge in [-0.15, -0.1) is 0 Å². The third kappa shape index (κ3) is 4.91. The van der Waals surface area contributed by atoms with Crippen LogP contribution in [0, 0.1) is 0 Å². The van der Waals surface area contributed by atoms with Crippen molar-refractivity contribution in [3.05, 3.63) is 23.7 Å². The molecule has 0 aliphatic carbocycles. The maximum atomic E-state index is 11.6. The van der Waals surface area contributed by atoms with Gasteiger partial charge in [-0.25, -0.2) is 4.79 Å². The number of allylic oxidation sites excluding steroid dienone is 1. The lowest BCUT2D eigenvalue weighted by molar-refractivity contribution is -0.142. The van der Waals surface area contributed by atoms with Crippen LogP contribution >= 0.6 is 0 Å². The highest BCUT2D eigenvalue weighted by molar-refractivity contribution is 5.89. The molecule has 0 saturated heterocycles. The lowest BCUT2D eigenvalue weighted by Gasteiger charge is -2.16. The zero-order chi connectivity index (χ0) is 12.7. The summed E-state index contributed by atoms with van der Waals surface area (Å²) >= 11 is 0. The molecule has 0 aromatic carbocycles. The van der Waals surface area contributed by atoms with Gasteiger partial charge in [0.15, 0.2) is 5.88 Å². The van der Waals surface area contributed by atoms with Crippen molar-refractivity contribution in [2.45, 2.75) is 26.4 Å². The third-order valence-electron chi connectivity index (χ3n) is 2.05. The van der Waals surface area contributed by atoms with Crippen LogP contribution in [0.25, 0.3) is 0 Å². The second-order valence-electron chi connectivity index (χ2n) is 3.88. The Morgan fingerprint density at radius 3 is 2.76 bits per heavy atom. The summed E-state index contributed by atoms with van der Waals surface area (Å²) in [6.07, 6.45) is 3.84. The average molecular weight is 241 g/mol. The number of hydrogen-bond donors (Lipinski definition) is 1. The van der Waals surface area contributed by atoms with Crippen molar-refractivity contribution in [2.24, 2.45) is 0 Å². The SMILES string of the molecule is COCCOC1=CCC(C(=O)OC(C)C)=CN1. The number of carbonyl (C=O) groups excluding carboxylic acids is 1. The molecule has 0 fully saturated rings. The molecular weight excluding hydrogens is 222 g/mol. The van der Waals surface area contributed by atoms with Gasteiger partial charge in [-0.05, 0) is 19.9 Å². The van der Waals surface area contributed by atoms with Gasteiger partial charge in [0.1, 0.15) is 6.61 Å². The van der Waals surface area contributed by atoms with E-state index >= 15 is 0 Å². The lowest BCUT2D eigenvalue weighted by Crippen LogP contribution is -2.21. The molecule has 0 amide bonds. The second kappa shape index (κ2) is 6.96. The van der Waals surface area contributed by atoms with E-state index < -0.39 is 0 Å². The van der Waals surface area contributed by atoms with E-state index in [1.807, 2.05) is 19.9 Å². The van der Waals surface area contributed by atoms with Crippen molar-refractivity contribution in [3.63, 3.8) is 0 Å². The highest BCUT2D eigenvalue weighted by atomic mass is 16.5. The minimum atomic E-state index is -0.292. The van der Waals surface area contributed by atoms with Gasteiger partial charge < -0.3 is 19.5 Å². The highest BCUT2D eigenvalue weighted by Gasteiger charge is 2.15. The smallest absolute Gasteiger partial charge is 0.336 e. The minimum Gasteiger partial charge on any atom is -0.477 e. The Morgan fingerprint density at radius 1 is 1.47 bits per heavy atom. The van der Waals surface area contributed by atoms with Gasteiger partial charge in [-0.2, -0.15) is 0 Å². The average Bonchev–Trinajstić information content (AvgIpc) is 2.29. The Bertz CT molecular complexity index is 320. The molecule has 0 bridgehead atoms. The number of dihydropyridines is 1. The first kappa shape index (κ1) is 13.6. The Morgan fingerprint density at radius 2 is 2.24 bits per heavy atom. The predicted octanol–water partition coefficient (Wildman–Crippen LogP) is 1.32. The molecule has 96 valence electrons. The van der Waals surface area contributed by atoms with Crippen LogP contribution in [-0.4, -0.2) is 32.4 Å². The summed E-state index contributed by atoms with van der Waals surface area (Å²) in [5.74, 6) is 0.350. The van der Waals surface area contributed by atoms with E-state index in [4.69, 9.17) is 14.2 Å². The normalized spacial score (nSPS) is 14.8. The van der Waals surface area contributed by atoms with Gasteiger partial charge in [0.2, 0.25) is 0 Å². The molecule has 5 heteroatoms. The summed E-state index contributed by atoms with van der Waals surface area (Å²) in [7, 11) is 1.62. The van der Waals surface area contributed by atoms with Crippen molar-refractivity contribution in [3.8, 4) is 0 Å². The molecule has 1 heterocycles. The van der Waals surface area contributed by atoms with Crippen LogP contribution in [0.2, 0.25) is 0 Å². The summed E-state index contributed by atoms with van der Waals surface area (Å²) in [6.45, 7) is 4.66. The monoisotopic (exact) mass is 241 g/mol. The van der Waals surface area contributed by atoms with Crippen molar-refractivity contribution in [1.82, 2.24) is 5.32 Å². The predicted molar refractivity (Wildman–Crippen MR) is 63.0 cm³/mol. The summed E-state index contributed by atoms with van der Waals surface area (Å²) < 4.78 is 15.3. The maximum Gasteiger partial charge on any atom is 0.336 e. The number of rotatable bonds is 6. The van der Waals surface area contributed by atoms with Crippen LogP contribution in [0.5, 0.6) is 0 Å². The fourth-order valence-corrected chi connectivity index (χ4v) is 1.25. The Labute approximate surface area is 101 Å². The highest BCUT2D eigenvalue weighted by Crippen LogP contribution is 2.13. The Hall–Kier alpha value is -1.49. The molecule has 5 nitrogen and oxygen atoms in total. The quantitative estimate of drug-likeness (QED) is 0.561. The van der Waals surface area contributed by atoms with Crippen LogP contribution in [-0.2, 0) is 19.0 Å². The van der Waals surface area contributed by atoms with Gasteiger partial charge in [0.25, 0.3) is 0 Å². The molecule has 0 aromatic rings. The van der Waals surface area contributed by atoms with Gasteiger partial charge >= 0.3 is 5.97 Å². The third-order valence-corrected chi connectivity index (χ3v) is 2.05. The number of ether oxygens (including phenoxy) is 3. The summed E-state index contributed by atoms with van der Waals surface area (Å²) in [4.78, 5) is 11.6. The maximum absolute atomic E-state index is 11.6. The van der Waals surface area contributed by atoms with Gasteiger partial charge in [0, 0.05) is 19.7 Å². The molecule has 17 heavy (non-hydrogen) atoms. The summed E-state index contributed by atoms with van der Waals surface area (Å²) in [5, 5.41) is 2.90. The van der Waals surface area contributed by atoms with Gasteiger partial charge in [0.05, 0.1) is 18.3 Å². The van der Waals surface area contributed by atoms with E-state index in [2.05, 4.69) is 5.32 Å². The topological polar surface area (TPSA) is 56.8 Å². The van der Waals surface area contributed by atoms with Crippen LogP contribution in [0.4, 0.5) is 0 Å². The molecule has 0 radical (unpaired) electrons. The van der Waals surface area contributed by atoms with Crippen LogP contribution < -0.4 is 5.32 Å². The van der Waals surface area contributed by atoms with E-state index in [0.29, 0.717) is 31.1 Å². The van der Waals surface area contributed by atoms with Crippen LogP contribution in [0.1, 0.15) is 20.3 Å². The fourth-order valence-electron chi connectivity index (χ4n) is 1.25. The number of carbonyl (C=O) groups is 1. The first-order chi connectivity index (χ1) is 8.13. The van der Waals surface area contributed by atoms with Crippen molar-refractivity contribution in [1.29, 1.82) is 0 Å². The summed E-state index contributed by atoms with van der Waals surface area (Å²) in [5.41, 5.74) is 0.595. The number of hydrogen-bond acceptors (Lipinski definition) is 5. The molecule has 0 saturated carbocycles. The summed E-state index contributed by atoms with van der Waals surface area (Å²) in [6, 6.07) is 0. The van der Waals surface area contributed by atoms with Crippen LogP contribution in [0.3, 0.4) is 0 Å². The molecule has 0 atom stereocenters. The van der Waals surface area contributed by atoms with Crippen molar-refractivity contribution < 1.29 is 19.0 Å². The van der Waals surface area contributed by atoms with E-state index in [0.717, 1.165) is 0 Å². The molecule has 1 N–H and O–H groups in total. The molecular formula is C12H19NO4. The zero-order valence-electron chi connectivity index (χ0n) is 10.5. The standard InChI is InChI=1S/C12H19NO4/c1-9(2)17-12(14)10-4-5-11(13-8-10)16-7-6-15-3/h5,8-9,13H,4,6-7H2,1-3H3. The molecule has 0 aromatic heterocycles. The molecule has 1 rings (SSSR count). The first-order valence-corrected chi connectivity index (χ1v) is 5.62. The largest absolute Gasteiger partial charge is 0.477 e. The van der Waals surface area contributed by atoms with Crippen molar-refractivity contribution in [2.75, 3.05) is 20.3 Å². The number of esters is 1. The Kier molecular flexibility index (Phi) is 5.56. The molecule has 1 aliphatic rings. The van der Waals surface area contributed by atoms with E-state index in [1.54, 1.807) is 13.3 Å². The minimum absolute atomic E-state index is 0.105.